The van der Waals surface area contributed by atoms with E-state index in [9.17, 15) is 5.11 Å². The Labute approximate surface area is 124 Å². The van der Waals surface area contributed by atoms with E-state index < -0.39 is 5.54 Å². The van der Waals surface area contributed by atoms with Crippen molar-refractivity contribution in [2.75, 3.05) is 44.1 Å². The molecule has 0 aromatic carbocycles. The van der Waals surface area contributed by atoms with E-state index >= 15 is 0 Å². The standard InChI is InChI=1S/C13H23N5O3/c1-3-6-14-10-15-11(17-12(16-10)20-2)18-13(9-19)4-7-21-8-5-13/h19H,3-9H2,1-2H3,(H2,14,15,16,17,18). The molecule has 0 atom stereocenters. The molecule has 1 aromatic rings. The molecule has 1 fully saturated rings. The van der Waals surface area contributed by atoms with Crippen LogP contribution >= 0.6 is 0 Å². The first-order valence-corrected chi connectivity index (χ1v) is 7.22. The summed E-state index contributed by atoms with van der Waals surface area (Å²) in [6.07, 6.45) is 2.37. The summed E-state index contributed by atoms with van der Waals surface area (Å²) in [4.78, 5) is 12.7. The highest BCUT2D eigenvalue weighted by Crippen LogP contribution is 2.25. The second-order valence-electron chi connectivity index (χ2n) is 5.07. The van der Waals surface area contributed by atoms with Crippen molar-refractivity contribution in [1.82, 2.24) is 15.0 Å². The molecule has 8 nitrogen and oxygen atoms in total. The van der Waals surface area contributed by atoms with Crippen LogP contribution in [0.4, 0.5) is 11.9 Å². The van der Waals surface area contributed by atoms with E-state index in [4.69, 9.17) is 9.47 Å². The van der Waals surface area contributed by atoms with Crippen LogP contribution in [0.3, 0.4) is 0 Å². The smallest absolute Gasteiger partial charge is 0.322 e. The quantitative estimate of drug-likeness (QED) is 0.674. The van der Waals surface area contributed by atoms with Gasteiger partial charge in [0.15, 0.2) is 0 Å². The van der Waals surface area contributed by atoms with Crippen molar-refractivity contribution in [1.29, 1.82) is 0 Å². The van der Waals surface area contributed by atoms with Gasteiger partial charge in [-0.15, -0.1) is 0 Å². The van der Waals surface area contributed by atoms with Crippen LogP contribution < -0.4 is 15.4 Å². The van der Waals surface area contributed by atoms with E-state index in [0.29, 0.717) is 38.0 Å². The van der Waals surface area contributed by atoms with Gasteiger partial charge in [0.1, 0.15) is 0 Å². The fourth-order valence-electron chi connectivity index (χ4n) is 2.14. The maximum absolute atomic E-state index is 9.70. The molecular formula is C13H23N5O3. The van der Waals surface area contributed by atoms with Crippen LogP contribution in [0.5, 0.6) is 6.01 Å². The van der Waals surface area contributed by atoms with Gasteiger partial charge in [0.2, 0.25) is 11.9 Å². The van der Waals surface area contributed by atoms with Crippen LogP contribution in [-0.4, -0.2) is 59.1 Å². The number of hydrogen-bond acceptors (Lipinski definition) is 8. The summed E-state index contributed by atoms with van der Waals surface area (Å²) in [5.74, 6) is 0.864. The van der Waals surface area contributed by atoms with Gasteiger partial charge < -0.3 is 25.2 Å². The van der Waals surface area contributed by atoms with Gasteiger partial charge >= 0.3 is 6.01 Å². The minimum atomic E-state index is -0.452. The van der Waals surface area contributed by atoms with Crippen molar-refractivity contribution in [3.63, 3.8) is 0 Å². The highest BCUT2D eigenvalue weighted by Gasteiger charge is 2.33. The number of methoxy groups -OCH3 is 1. The summed E-state index contributed by atoms with van der Waals surface area (Å²) < 4.78 is 10.4. The van der Waals surface area contributed by atoms with E-state index in [-0.39, 0.29) is 12.6 Å². The van der Waals surface area contributed by atoms with E-state index in [1.54, 1.807) is 0 Å². The monoisotopic (exact) mass is 297 g/mol. The third-order valence-electron chi connectivity index (χ3n) is 3.46. The van der Waals surface area contributed by atoms with Crippen LogP contribution in [0.25, 0.3) is 0 Å². The van der Waals surface area contributed by atoms with Gasteiger partial charge in [-0.25, -0.2) is 0 Å². The molecule has 1 aliphatic heterocycles. The first-order chi connectivity index (χ1) is 10.2. The van der Waals surface area contributed by atoms with Crippen LogP contribution in [-0.2, 0) is 4.74 Å². The molecule has 0 bridgehead atoms. The van der Waals surface area contributed by atoms with E-state index in [1.165, 1.54) is 7.11 Å². The predicted octanol–water partition coefficient (Wildman–Crippen LogP) is 0.655. The third-order valence-corrected chi connectivity index (χ3v) is 3.46. The summed E-state index contributed by atoms with van der Waals surface area (Å²) in [7, 11) is 1.51. The lowest BCUT2D eigenvalue weighted by molar-refractivity contribution is 0.0376. The summed E-state index contributed by atoms with van der Waals surface area (Å²) in [5.41, 5.74) is -0.452. The number of ether oxygens (including phenoxy) is 2. The maximum Gasteiger partial charge on any atom is 0.322 e. The van der Waals surface area contributed by atoms with Crippen molar-refractivity contribution in [3.8, 4) is 6.01 Å². The molecule has 3 N–H and O–H groups in total. The second-order valence-corrected chi connectivity index (χ2v) is 5.07. The summed E-state index contributed by atoms with van der Waals surface area (Å²) in [5, 5.41) is 16.0. The Morgan fingerprint density at radius 3 is 2.57 bits per heavy atom. The molecule has 0 amide bonds. The van der Waals surface area contributed by atoms with Gasteiger partial charge in [-0.3, -0.25) is 0 Å². The topological polar surface area (TPSA) is 101 Å². The molecule has 118 valence electrons. The Morgan fingerprint density at radius 2 is 1.95 bits per heavy atom. The Bertz CT molecular complexity index is 451. The summed E-state index contributed by atoms with van der Waals surface area (Å²) >= 11 is 0. The van der Waals surface area contributed by atoms with Crippen LogP contribution in [0.2, 0.25) is 0 Å². The molecule has 1 aliphatic rings. The van der Waals surface area contributed by atoms with Crippen molar-refractivity contribution in [3.05, 3.63) is 0 Å². The summed E-state index contributed by atoms with van der Waals surface area (Å²) in [6.45, 7) is 4.05. The molecular weight excluding hydrogens is 274 g/mol. The van der Waals surface area contributed by atoms with Crippen molar-refractivity contribution in [2.45, 2.75) is 31.7 Å². The zero-order valence-electron chi connectivity index (χ0n) is 12.6. The Balaban J connectivity index is 2.16. The molecule has 2 rings (SSSR count). The Morgan fingerprint density at radius 1 is 1.24 bits per heavy atom. The number of aliphatic hydroxyl groups excluding tert-OH is 1. The number of anilines is 2. The minimum Gasteiger partial charge on any atom is -0.467 e. The largest absolute Gasteiger partial charge is 0.467 e. The lowest BCUT2D eigenvalue weighted by atomic mass is 9.91. The van der Waals surface area contributed by atoms with Gasteiger partial charge in [-0.2, -0.15) is 15.0 Å². The molecule has 0 unspecified atom stereocenters. The molecule has 1 aromatic heterocycles. The fourth-order valence-corrected chi connectivity index (χ4v) is 2.14. The Kier molecular flexibility index (Phi) is 5.51. The van der Waals surface area contributed by atoms with E-state index in [2.05, 4.69) is 32.5 Å². The normalized spacial score (nSPS) is 17.3. The van der Waals surface area contributed by atoms with Crippen molar-refractivity contribution < 1.29 is 14.6 Å². The number of aromatic nitrogens is 3. The van der Waals surface area contributed by atoms with Crippen LogP contribution in [0, 0.1) is 0 Å². The average Bonchev–Trinajstić information content (AvgIpc) is 2.53. The second kappa shape index (κ2) is 7.37. The molecule has 1 saturated heterocycles. The minimum absolute atomic E-state index is 0.00206. The van der Waals surface area contributed by atoms with E-state index in [1.807, 2.05) is 0 Å². The lowest BCUT2D eigenvalue weighted by Gasteiger charge is -2.36. The molecule has 21 heavy (non-hydrogen) atoms. The molecule has 0 saturated carbocycles. The van der Waals surface area contributed by atoms with Crippen molar-refractivity contribution >= 4 is 11.9 Å². The fraction of sp³-hybridized carbons (Fsp3) is 0.769. The average molecular weight is 297 g/mol. The van der Waals surface area contributed by atoms with Gasteiger partial charge in [-0.05, 0) is 19.3 Å². The first-order valence-electron chi connectivity index (χ1n) is 7.22. The zero-order chi connectivity index (χ0) is 15.1. The molecule has 0 aliphatic carbocycles. The number of rotatable bonds is 7. The zero-order valence-corrected chi connectivity index (χ0v) is 12.6. The Hall–Kier alpha value is -1.67. The molecule has 0 radical (unpaired) electrons. The highest BCUT2D eigenvalue weighted by molar-refractivity contribution is 5.38. The highest BCUT2D eigenvalue weighted by atomic mass is 16.5. The lowest BCUT2D eigenvalue weighted by Crippen LogP contribution is -2.47. The van der Waals surface area contributed by atoms with Gasteiger partial charge in [0.05, 0.1) is 19.3 Å². The molecule has 0 spiro atoms. The number of aliphatic hydroxyl groups is 1. The van der Waals surface area contributed by atoms with E-state index in [0.717, 1.165) is 13.0 Å². The predicted molar refractivity (Wildman–Crippen MR) is 78.7 cm³/mol. The van der Waals surface area contributed by atoms with Gasteiger partial charge in [0.25, 0.3) is 0 Å². The molecule has 2 heterocycles. The van der Waals surface area contributed by atoms with Crippen LogP contribution in [0.1, 0.15) is 26.2 Å². The third kappa shape index (κ3) is 4.15. The summed E-state index contributed by atoms with van der Waals surface area (Å²) in [6, 6.07) is 0.242. The van der Waals surface area contributed by atoms with Gasteiger partial charge in [-0.1, -0.05) is 6.92 Å². The van der Waals surface area contributed by atoms with Crippen LogP contribution in [0.15, 0.2) is 0 Å². The first kappa shape index (κ1) is 15.7. The number of nitrogens with one attached hydrogen (secondary N) is 2. The SMILES string of the molecule is CCCNc1nc(NC2(CO)CCOCC2)nc(OC)n1. The number of nitrogens with zero attached hydrogens (tertiary/aromatic N) is 3. The van der Waals surface area contributed by atoms with Gasteiger partial charge in [0, 0.05) is 19.8 Å². The number of hydrogen-bond donors (Lipinski definition) is 3. The maximum atomic E-state index is 9.70. The molecule has 8 heteroatoms. The van der Waals surface area contributed by atoms with Crippen molar-refractivity contribution in [2.24, 2.45) is 0 Å².